The molecule has 10 heteroatoms. The summed E-state index contributed by atoms with van der Waals surface area (Å²) in [7, 11) is 3.46. The lowest BCUT2D eigenvalue weighted by atomic mass is 9.83. The summed E-state index contributed by atoms with van der Waals surface area (Å²) in [6, 6.07) is 18.5. The summed E-state index contributed by atoms with van der Waals surface area (Å²) in [6.07, 6.45) is 5.76. The Labute approximate surface area is 279 Å². The van der Waals surface area contributed by atoms with Crippen molar-refractivity contribution in [3.05, 3.63) is 93.7 Å². The van der Waals surface area contributed by atoms with Gasteiger partial charge in [0.05, 0.1) is 11.9 Å². The van der Waals surface area contributed by atoms with Crippen molar-refractivity contribution in [3.63, 3.8) is 0 Å². The molecule has 1 N–H and O–H groups in total. The number of rotatable bonds is 4. The maximum absolute atomic E-state index is 14.3. The van der Waals surface area contributed by atoms with Crippen molar-refractivity contribution < 1.29 is 19.5 Å². The first kappa shape index (κ1) is 31.6. The Morgan fingerprint density at radius 3 is 2.54 bits per heavy atom. The maximum atomic E-state index is 14.3. The molecule has 3 aromatic carbocycles. The Morgan fingerprint density at radius 1 is 0.917 bits per heavy atom. The molecule has 0 aliphatic carbocycles. The SMILES string of the molecule is Cc1c2ccc3c1nnn3CCCCCCc1ccc3c(c1)cc(n3CC(=O)N(C)C)C(=O)N1CCc3ccc(cc3C1)[C@@H]2CC(=O)O. The minimum absolute atomic E-state index is 0.0656. The predicted octanol–water partition coefficient (Wildman–Crippen LogP) is 5.70. The largest absolute Gasteiger partial charge is 0.481 e. The summed E-state index contributed by atoms with van der Waals surface area (Å²) in [6.45, 7) is 3.83. The summed E-state index contributed by atoms with van der Waals surface area (Å²) in [5, 5.41) is 20.0. The molecule has 3 aliphatic rings. The number of aliphatic carboxylic acids is 1. The highest BCUT2D eigenvalue weighted by Crippen LogP contribution is 2.36. The van der Waals surface area contributed by atoms with Gasteiger partial charge in [0, 0.05) is 50.6 Å². The maximum Gasteiger partial charge on any atom is 0.304 e. The van der Waals surface area contributed by atoms with E-state index in [0.29, 0.717) is 25.2 Å². The molecule has 2 amide bonds. The van der Waals surface area contributed by atoms with Gasteiger partial charge in [-0.3, -0.25) is 14.4 Å². The molecular weight excluding hydrogens is 604 g/mol. The number of likely N-dealkylation sites (N-methyl/N-ethyl adjacent to an activating group) is 1. The lowest BCUT2D eigenvalue weighted by Gasteiger charge is -2.30. The van der Waals surface area contributed by atoms with Gasteiger partial charge >= 0.3 is 5.97 Å². The van der Waals surface area contributed by atoms with Crippen LogP contribution in [0.15, 0.2) is 54.6 Å². The number of carboxylic acids is 1. The van der Waals surface area contributed by atoms with Gasteiger partial charge in [-0.2, -0.15) is 0 Å². The second-order valence-electron chi connectivity index (χ2n) is 13.6. The van der Waals surface area contributed by atoms with E-state index in [9.17, 15) is 19.5 Å². The first-order valence-corrected chi connectivity index (χ1v) is 17.0. The number of aromatic nitrogens is 4. The third-order valence-corrected chi connectivity index (χ3v) is 10.2. The van der Waals surface area contributed by atoms with Gasteiger partial charge in [-0.25, -0.2) is 4.68 Å². The molecule has 0 fully saturated rings. The minimum Gasteiger partial charge on any atom is -0.481 e. The predicted molar refractivity (Wildman–Crippen MR) is 184 cm³/mol. The molecule has 0 spiro atoms. The molecule has 3 aliphatic heterocycles. The van der Waals surface area contributed by atoms with Gasteiger partial charge in [0.25, 0.3) is 5.91 Å². The van der Waals surface area contributed by atoms with Gasteiger partial charge in [0.2, 0.25) is 5.91 Å². The van der Waals surface area contributed by atoms with Crippen molar-refractivity contribution in [1.29, 1.82) is 0 Å². The van der Waals surface area contributed by atoms with Crippen LogP contribution in [0.25, 0.3) is 21.9 Å². The molecule has 1 atom stereocenters. The van der Waals surface area contributed by atoms with Gasteiger partial charge in [0.1, 0.15) is 17.8 Å². The van der Waals surface area contributed by atoms with E-state index >= 15 is 0 Å². The number of carbonyl (C=O) groups excluding carboxylic acids is 2. The molecule has 5 aromatic rings. The highest BCUT2D eigenvalue weighted by Gasteiger charge is 2.28. The fourth-order valence-corrected chi connectivity index (χ4v) is 7.48. The van der Waals surface area contributed by atoms with E-state index in [4.69, 9.17) is 0 Å². The fourth-order valence-electron chi connectivity index (χ4n) is 7.48. The molecule has 0 unspecified atom stereocenters. The molecule has 10 bridgehead atoms. The van der Waals surface area contributed by atoms with Crippen LogP contribution in [0.3, 0.4) is 0 Å². The molecule has 10 nitrogen and oxygen atoms in total. The lowest BCUT2D eigenvalue weighted by molar-refractivity contribution is -0.137. The monoisotopic (exact) mass is 646 g/mol. The van der Waals surface area contributed by atoms with Crippen molar-refractivity contribution in [2.75, 3.05) is 20.6 Å². The normalized spacial score (nSPS) is 16.9. The molecule has 0 radical (unpaired) electrons. The van der Waals surface area contributed by atoms with Crippen LogP contribution in [0, 0.1) is 6.92 Å². The van der Waals surface area contributed by atoms with Gasteiger partial charge in [0.15, 0.2) is 0 Å². The average Bonchev–Trinajstić information content (AvgIpc) is 3.65. The van der Waals surface area contributed by atoms with Gasteiger partial charge in [-0.05, 0) is 90.3 Å². The Morgan fingerprint density at radius 2 is 1.73 bits per heavy atom. The molecule has 0 saturated heterocycles. The topological polar surface area (TPSA) is 114 Å². The number of hydrogen-bond donors (Lipinski definition) is 1. The van der Waals surface area contributed by atoms with Crippen LogP contribution in [0.1, 0.15) is 81.9 Å². The number of carbonyl (C=O) groups is 3. The molecule has 2 aromatic heterocycles. The zero-order valence-electron chi connectivity index (χ0n) is 27.9. The highest BCUT2D eigenvalue weighted by atomic mass is 16.4. The van der Waals surface area contributed by atoms with Crippen LogP contribution in [-0.4, -0.2) is 72.9 Å². The Balaban J connectivity index is 1.31. The standard InChI is InChI=1S/C38H42N6O4/c1-24-30-12-14-33-37(24)39-40-44(33)16-7-5-4-6-8-25-9-13-32-28(18-25)20-34(43(32)23-35(45)41(2)3)38(48)42-17-15-26-10-11-27(19-29(26)22-42)31(30)21-36(46)47/h9-14,18-20,31H,4-8,15-17,21-23H2,1-3H3,(H,46,47)/t31-/m0/s1. The molecule has 248 valence electrons. The zero-order chi connectivity index (χ0) is 33.5. The van der Waals surface area contributed by atoms with Crippen molar-refractivity contribution in [1.82, 2.24) is 29.4 Å². The van der Waals surface area contributed by atoms with E-state index in [1.807, 2.05) is 51.4 Å². The second-order valence-corrected chi connectivity index (χ2v) is 13.6. The number of amides is 2. The first-order valence-electron chi connectivity index (χ1n) is 17.0. The number of benzene rings is 3. The molecule has 48 heavy (non-hydrogen) atoms. The zero-order valence-corrected chi connectivity index (χ0v) is 27.9. The minimum atomic E-state index is -0.877. The van der Waals surface area contributed by atoms with Gasteiger partial charge < -0.3 is 19.5 Å². The summed E-state index contributed by atoms with van der Waals surface area (Å²) in [5.74, 6) is -1.45. The van der Waals surface area contributed by atoms with E-state index in [0.717, 1.165) is 88.4 Å². The average molecular weight is 647 g/mol. The fraction of sp³-hybridized carbons (Fsp3) is 0.395. The van der Waals surface area contributed by atoms with E-state index in [1.165, 1.54) is 5.56 Å². The van der Waals surface area contributed by atoms with E-state index < -0.39 is 5.97 Å². The summed E-state index contributed by atoms with van der Waals surface area (Å²) < 4.78 is 3.83. The molecular formula is C38H42N6O4. The van der Waals surface area contributed by atoms with Crippen molar-refractivity contribution in [2.45, 2.75) is 77.4 Å². The van der Waals surface area contributed by atoms with Crippen molar-refractivity contribution in [3.8, 4) is 0 Å². The van der Waals surface area contributed by atoms with Crippen LogP contribution in [0.4, 0.5) is 0 Å². The van der Waals surface area contributed by atoms with Crippen LogP contribution in [0.2, 0.25) is 0 Å². The molecule has 0 saturated carbocycles. The summed E-state index contributed by atoms with van der Waals surface area (Å²) in [5.41, 5.74) is 9.32. The van der Waals surface area contributed by atoms with E-state index in [-0.39, 0.29) is 30.7 Å². The summed E-state index contributed by atoms with van der Waals surface area (Å²) >= 11 is 0. The molecule has 5 heterocycles. The Bertz CT molecular complexity index is 2060. The number of hydrogen-bond acceptors (Lipinski definition) is 5. The van der Waals surface area contributed by atoms with Crippen molar-refractivity contribution >= 4 is 39.7 Å². The smallest absolute Gasteiger partial charge is 0.304 e. The van der Waals surface area contributed by atoms with Crippen LogP contribution in [0.5, 0.6) is 0 Å². The van der Waals surface area contributed by atoms with Gasteiger partial charge in [-0.1, -0.05) is 48.4 Å². The van der Waals surface area contributed by atoms with Crippen molar-refractivity contribution in [2.24, 2.45) is 0 Å². The number of nitrogens with zero attached hydrogens (tertiary/aromatic N) is 6. The Hall–Kier alpha value is -4.99. The van der Waals surface area contributed by atoms with Crippen LogP contribution < -0.4 is 0 Å². The molecule has 8 rings (SSSR count). The number of carboxylic acid groups (broad SMARTS) is 1. The quantitative estimate of drug-likeness (QED) is 0.268. The van der Waals surface area contributed by atoms with E-state index in [1.54, 1.807) is 19.0 Å². The number of aryl methyl sites for hydroxylation is 3. The van der Waals surface area contributed by atoms with Gasteiger partial charge in [-0.15, -0.1) is 5.10 Å². The summed E-state index contributed by atoms with van der Waals surface area (Å²) in [4.78, 5) is 42.9. The second kappa shape index (κ2) is 12.9. The van der Waals surface area contributed by atoms with Crippen LogP contribution in [-0.2, 0) is 42.1 Å². The highest BCUT2D eigenvalue weighted by molar-refractivity contribution is 6.00. The first-order chi connectivity index (χ1) is 23.2. The number of fused-ring (bicyclic) bond motifs is 6. The Kier molecular flexibility index (Phi) is 8.49. The van der Waals surface area contributed by atoms with Crippen LogP contribution >= 0.6 is 0 Å². The third kappa shape index (κ3) is 5.95. The lowest BCUT2D eigenvalue weighted by Crippen LogP contribution is -2.37. The van der Waals surface area contributed by atoms with E-state index in [2.05, 4.69) is 34.6 Å². The third-order valence-electron chi connectivity index (χ3n) is 10.2.